The topological polar surface area (TPSA) is 129 Å². The molecule has 0 aliphatic heterocycles. The third kappa shape index (κ3) is 2.92. The number of hydrogen-bond donors (Lipinski definition) is 4. The Balaban J connectivity index is 3.16. The molecule has 0 fully saturated rings. The van der Waals surface area contributed by atoms with Gasteiger partial charge < -0.3 is 20.6 Å². The third-order valence-electron chi connectivity index (χ3n) is 2.50. The summed E-state index contributed by atoms with van der Waals surface area (Å²) in [6.45, 7) is -0.125. The summed E-state index contributed by atoms with van der Waals surface area (Å²) in [5.74, 6) is -0.0999. The van der Waals surface area contributed by atoms with Crippen LogP contribution in [0.25, 0.3) is 0 Å². The summed E-state index contributed by atoms with van der Waals surface area (Å²) < 4.78 is 0. The van der Waals surface area contributed by atoms with Crippen LogP contribution in [0.1, 0.15) is 5.69 Å². The Labute approximate surface area is 103 Å². The van der Waals surface area contributed by atoms with Crippen molar-refractivity contribution in [1.82, 2.24) is 4.98 Å². The Hall–Kier alpha value is -1.77. The Morgan fingerprint density at radius 1 is 1.33 bits per heavy atom. The fourth-order valence-corrected chi connectivity index (χ4v) is 1.31. The van der Waals surface area contributed by atoms with Crippen LogP contribution in [0.4, 0.5) is 11.5 Å². The second kappa shape index (κ2) is 5.71. The van der Waals surface area contributed by atoms with Gasteiger partial charge in [0, 0.05) is 11.8 Å². The van der Waals surface area contributed by atoms with Crippen LogP contribution in [-0.2, 0) is 0 Å². The molecule has 0 unspecified atom stereocenters. The molecule has 0 amide bonds. The number of rotatable bonds is 6. The zero-order valence-electron chi connectivity index (χ0n) is 9.83. The van der Waals surface area contributed by atoms with E-state index in [9.17, 15) is 10.1 Å². The van der Waals surface area contributed by atoms with Crippen molar-refractivity contribution >= 4 is 11.5 Å². The largest absolute Gasteiger partial charge is 0.394 e. The quantitative estimate of drug-likeness (QED) is 0.396. The van der Waals surface area contributed by atoms with Crippen molar-refractivity contribution < 1.29 is 20.2 Å². The molecular weight excluding hydrogens is 242 g/mol. The lowest BCUT2D eigenvalue weighted by molar-refractivity contribution is -0.384. The molecule has 0 spiro atoms. The molecule has 100 valence electrons. The highest BCUT2D eigenvalue weighted by Crippen LogP contribution is 2.25. The van der Waals surface area contributed by atoms with Gasteiger partial charge in [0.25, 0.3) is 0 Å². The second-order valence-corrected chi connectivity index (χ2v) is 3.96. The number of aryl methyl sites for hydroxylation is 1. The number of anilines is 1. The van der Waals surface area contributed by atoms with E-state index < -0.39 is 30.3 Å². The summed E-state index contributed by atoms with van der Waals surface area (Å²) in [6.07, 6.45) is 0. The Morgan fingerprint density at radius 3 is 2.33 bits per heavy atom. The summed E-state index contributed by atoms with van der Waals surface area (Å²) in [7, 11) is 0. The van der Waals surface area contributed by atoms with Gasteiger partial charge in [0.2, 0.25) is 5.82 Å². The molecule has 1 rings (SSSR count). The number of nitrogens with zero attached hydrogens (tertiary/aromatic N) is 2. The van der Waals surface area contributed by atoms with Gasteiger partial charge in [-0.1, -0.05) is 0 Å². The Kier molecular flexibility index (Phi) is 4.54. The molecule has 0 saturated heterocycles. The van der Waals surface area contributed by atoms with Gasteiger partial charge in [-0.15, -0.1) is 0 Å². The van der Waals surface area contributed by atoms with Gasteiger partial charge in [0.1, 0.15) is 5.54 Å². The van der Waals surface area contributed by atoms with Gasteiger partial charge in [0.05, 0.1) is 24.7 Å². The maximum absolute atomic E-state index is 10.8. The molecule has 8 heteroatoms. The minimum Gasteiger partial charge on any atom is -0.394 e. The van der Waals surface area contributed by atoms with Crippen molar-refractivity contribution in [3.63, 3.8) is 0 Å². The molecule has 1 aromatic heterocycles. The van der Waals surface area contributed by atoms with E-state index in [0.29, 0.717) is 5.69 Å². The van der Waals surface area contributed by atoms with Crippen molar-refractivity contribution in [3.8, 4) is 0 Å². The minimum absolute atomic E-state index is 0.0999. The maximum atomic E-state index is 10.8. The lowest BCUT2D eigenvalue weighted by atomic mass is 10.0. The van der Waals surface area contributed by atoms with Crippen LogP contribution >= 0.6 is 0 Å². The number of aliphatic hydroxyl groups excluding tert-OH is 3. The number of aliphatic hydroxyl groups is 3. The molecule has 4 N–H and O–H groups in total. The van der Waals surface area contributed by atoms with Crippen LogP contribution in [0.3, 0.4) is 0 Å². The highest BCUT2D eigenvalue weighted by atomic mass is 16.6. The molecule has 1 heterocycles. The van der Waals surface area contributed by atoms with Crippen molar-refractivity contribution in [3.05, 3.63) is 27.9 Å². The van der Waals surface area contributed by atoms with Crippen LogP contribution in [0, 0.1) is 17.0 Å². The molecule has 0 radical (unpaired) electrons. The number of nitro groups is 1. The van der Waals surface area contributed by atoms with Gasteiger partial charge in [-0.05, 0) is 13.0 Å². The zero-order valence-corrected chi connectivity index (χ0v) is 9.83. The van der Waals surface area contributed by atoms with Crippen molar-refractivity contribution in [2.45, 2.75) is 12.5 Å². The number of nitrogens with one attached hydrogen (secondary N) is 1. The number of aromatic nitrogens is 1. The monoisotopic (exact) mass is 257 g/mol. The molecule has 0 atom stereocenters. The average Bonchev–Trinajstić information content (AvgIpc) is 2.36. The molecule has 0 saturated carbocycles. The van der Waals surface area contributed by atoms with Gasteiger partial charge in [-0.25, -0.2) is 4.98 Å². The van der Waals surface area contributed by atoms with Gasteiger partial charge in [-0.2, -0.15) is 0 Å². The van der Waals surface area contributed by atoms with E-state index in [4.69, 9.17) is 15.3 Å². The lowest BCUT2D eigenvalue weighted by Crippen LogP contribution is -2.49. The van der Waals surface area contributed by atoms with Crippen LogP contribution in [-0.4, -0.2) is 50.6 Å². The maximum Gasteiger partial charge on any atom is 0.311 e. The molecule has 1 aromatic rings. The Bertz CT molecular complexity index is 425. The smallest absolute Gasteiger partial charge is 0.311 e. The molecule has 8 nitrogen and oxygen atoms in total. The van der Waals surface area contributed by atoms with Crippen LogP contribution < -0.4 is 5.32 Å². The lowest BCUT2D eigenvalue weighted by Gasteiger charge is -2.29. The average molecular weight is 257 g/mol. The fraction of sp³-hybridized carbons (Fsp3) is 0.500. The van der Waals surface area contributed by atoms with Crippen LogP contribution in [0.5, 0.6) is 0 Å². The van der Waals surface area contributed by atoms with Gasteiger partial charge in [0.15, 0.2) is 0 Å². The molecule has 0 aromatic carbocycles. The third-order valence-corrected chi connectivity index (χ3v) is 2.50. The molecule has 0 aliphatic rings. The van der Waals surface area contributed by atoms with Crippen molar-refractivity contribution in [1.29, 1.82) is 0 Å². The zero-order chi connectivity index (χ0) is 13.8. The molecule has 0 aliphatic carbocycles. The van der Waals surface area contributed by atoms with Crippen LogP contribution in [0.2, 0.25) is 0 Å². The van der Waals surface area contributed by atoms with Crippen molar-refractivity contribution in [2.75, 3.05) is 25.1 Å². The van der Waals surface area contributed by atoms with E-state index in [1.54, 1.807) is 6.92 Å². The predicted octanol–water partition coefficient (Wildman–Crippen LogP) is -0.574. The fourth-order valence-electron chi connectivity index (χ4n) is 1.31. The van der Waals surface area contributed by atoms with E-state index in [1.165, 1.54) is 12.1 Å². The first-order valence-corrected chi connectivity index (χ1v) is 5.21. The number of hydrogen-bond acceptors (Lipinski definition) is 7. The predicted molar refractivity (Wildman–Crippen MR) is 63.2 cm³/mol. The van der Waals surface area contributed by atoms with E-state index in [0.717, 1.165) is 0 Å². The SMILES string of the molecule is Cc1ccc([N+](=O)[O-])c(NC(CO)(CO)CO)n1. The van der Waals surface area contributed by atoms with Crippen molar-refractivity contribution in [2.24, 2.45) is 0 Å². The molecule has 18 heavy (non-hydrogen) atoms. The van der Waals surface area contributed by atoms with Crippen LogP contribution in [0.15, 0.2) is 12.1 Å². The first kappa shape index (κ1) is 14.3. The summed E-state index contributed by atoms with van der Waals surface area (Å²) in [5.41, 5.74) is -1.21. The molecular formula is C10H15N3O5. The minimum atomic E-state index is -1.45. The summed E-state index contributed by atoms with van der Waals surface area (Å²) >= 11 is 0. The standard InChI is InChI=1S/C10H15N3O5/c1-7-2-3-8(13(17)18)9(11-7)12-10(4-14,5-15)6-16/h2-3,14-16H,4-6H2,1H3,(H,11,12). The van der Waals surface area contributed by atoms with E-state index >= 15 is 0 Å². The summed E-state index contributed by atoms with van der Waals surface area (Å²) in [6, 6.07) is 2.74. The molecule has 0 bridgehead atoms. The summed E-state index contributed by atoms with van der Waals surface area (Å²) in [4.78, 5) is 14.1. The summed E-state index contributed by atoms with van der Waals surface area (Å²) in [5, 5.41) is 40.8. The first-order valence-electron chi connectivity index (χ1n) is 5.21. The van der Waals surface area contributed by atoms with E-state index in [1.807, 2.05) is 0 Å². The van der Waals surface area contributed by atoms with Gasteiger partial charge in [-0.3, -0.25) is 10.1 Å². The van der Waals surface area contributed by atoms with E-state index in [-0.39, 0.29) is 11.5 Å². The Morgan fingerprint density at radius 2 is 1.89 bits per heavy atom. The van der Waals surface area contributed by atoms with E-state index in [2.05, 4.69) is 10.3 Å². The highest BCUT2D eigenvalue weighted by molar-refractivity contribution is 5.57. The van der Waals surface area contributed by atoms with Gasteiger partial charge >= 0.3 is 5.69 Å². The highest BCUT2D eigenvalue weighted by Gasteiger charge is 2.31. The first-order chi connectivity index (χ1) is 8.48. The second-order valence-electron chi connectivity index (χ2n) is 3.96. The normalized spacial score (nSPS) is 11.3. The number of pyridine rings is 1.